The van der Waals surface area contributed by atoms with E-state index >= 15 is 0 Å². The molecular weight excluding hydrogens is 120 g/mol. The number of esters is 1. The van der Waals surface area contributed by atoms with Gasteiger partial charge in [-0.2, -0.15) is 0 Å². The molecule has 0 bridgehead atoms. The molecule has 0 saturated heterocycles. The fourth-order valence-electron chi connectivity index (χ4n) is 0.435. The molecule has 0 aromatic carbocycles. The van der Waals surface area contributed by atoms with E-state index in [1.54, 1.807) is 0 Å². The molecule has 0 atom stereocenters. The minimum Gasteiger partial charge on any atom is -0.395 e. The zero-order valence-corrected chi connectivity index (χ0v) is 5.59. The molecule has 9 heavy (non-hydrogen) atoms. The van der Waals surface area contributed by atoms with Gasteiger partial charge in [-0.1, -0.05) is 13.8 Å². The molecule has 0 saturated carbocycles. The SMILES string of the molecule is CC(C)CC(=O)OC=O. The van der Waals surface area contributed by atoms with Crippen molar-refractivity contribution in [3.05, 3.63) is 0 Å². The van der Waals surface area contributed by atoms with Gasteiger partial charge in [0.25, 0.3) is 0 Å². The number of hydrogen-bond acceptors (Lipinski definition) is 3. The highest BCUT2D eigenvalue weighted by Crippen LogP contribution is 1.99. The second-order valence-electron chi connectivity index (χ2n) is 2.18. The van der Waals surface area contributed by atoms with Crippen LogP contribution >= 0.6 is 0 Å². The predicted octanol–water partition coefficient (Wildman–Crippen LogP) is 0.732. The summed E-state index contributed by atoms with van der Waals surface area (Å²) < 4.78 is 4.03. The van der Waals surface area contributed by atoms with E-state index in [1.165, 1.54) is 0 Å². The normalized spacial score (nSPS) is 9.22. The van der Waals surface area contributed by atoms with Gasteiger partial charge in [0, 0.05) is 6.42 Å². The molecule has 3 heteroatoms. The molecule has 3 nitrogen and oxygen atoms in total. The van der Waals surface area contributed by atoms with Gasteiger partial charge in [-0.3, -0.25) is 9.59 Å². The van der Waals surface area contributed by atoms with Crippen molar-refractivity contribution in [2.45, 2.75) is 20.3 Å². The molecule has 0 heterocycles. The standard InChI is InChI=1S/C6H10O3/c1-5(2)3-6(8)9-4-7/h4-5H,3H2,1-2H3. The molecule has 0 rings (SSSR count). The summed E-state index contributed by atoms with van der Waals surface area (Å²) in [6.45, 7) is 3.92. The molecule has 0 aliphatic carbocycles. The molecule has 52 valence electrons. The van der Waals surface area contributed by atoms with Crippen molar-refractivity contribution in [3.63, 3.8) is 0 Å². The highest BCUT2D eigenvalue weighted by atomic mass is 16.6. The lowest BCUT2D eigenvalue weighted by Gasteiger charge is -1.98. The summed E-state index contributed by atoms with van der Waals surface area (Å²) in [6, 6.07) is 0. The Labute approximate surface area is 54.0 Å². The maximum absolute atomic E-state index is 10.4. The number of carbonyl (C=O) groups is 2. The van der Waals surface area contributed by atoms with E-state index in [0.29, 0.717) is 6.42 Å². The molecular formula is C6H10O3. The average Bonchev–Trinajstić information content (AvgIpc) is 1.63. The fourth-order valence-corrected chi connectivity index (χ4v) is 0.435. The second-order valence-corrected chi connectivity index (χ2v) is 2.18. The van der Waals surface area contributed by atoms with E-state index in [9.17, 15) is 9.59 Å². The predicted molar refractivity (Wildman–Crippen MR) is 31.6 cm³/mol. The van der Waals surface area contributed by atoms with Crippen molar-refractivity contribution in [1.29, 1.82) is 0 Å². The van der Waals surface area contributed by atoms with Crippen LogP contribution in [0.4, 0.5) is 0 Å². The Bertz CT molecular complexity index is 107. The van der Waals surface area contributed by atoms with Crippen molar-refractivity contribution < 1.29 is 14.3 Å². The van der Waals surface area contributed by atoms with Crippen molar-refractivity contribution in [1.82, 2.24) is 0 Å². The van der Waals surface area contributed by atoms with E-state index in [1.807, 2.05) is 13.8 Å². The average molecular weight is 130 g/mol. The minimum absolute atomic E-state index is 0.157. The van der Waals surface area contributed by atoms with Crippen LogP contribution in [-0.4, -0.2) is 12.4 Å². The van der Waals surface area contributed by atoms with Crippen LogP contribution in [0.25, 0.3) is 0 Å². The highest BCUT2D eigenvalue weighted by molar-refractivity contribution is 5.76. The third kappa shape index (κ3) is 5.00. The van der Waals surface area contributed by atoms with Crippen molar-refractivity contribution in [2.24, 2.45) is 5.92 Å². The van der Waals surface area contributed by atoms with Gasteiger partial charge in [0.2, 0.25) is 0 Å². The first-order valence-corrected chi connectivity index (χ1v) is 2.80. The summed E-state index contributed by atoms with van der Waals surface area (Å²) >= 11 is 0. The summed E-state index contributed by atoms with van der Waals surface area (Å²) in [7, 11) is 0. The lowest BCUT2D eigenvalue weighted by molar-refractivity contribution is -0.151. The van der Waals surface area contributed by atoms with Gasteiger partial charge in [-0.25, -0.2) is 0 Å². The lowest BCUT2D eigenvalue weighted by atomic mass is 10.1. The third-order valence-electron chi connectivity index (χ3n) is 0.754. The third-order valence-corrected chi connectivity index (χ3v) is 0.754. The monoisotopic (exact) mass is 130 g/mol. The van der Waals surface area contributed by atoms with E-state index in [2.05, 4.69) is 4.74 Å². The first-order valence-electron chi connectivity index (χ1n) is 2.80. The molecule has 0 aromatic rings. The Morgan fingerprint density at radius 1 is 1.67 bits per heavy atom. The van der Waals surface area contributed by atoms with Crippen LogP contribution in [0.2, 0.25) is 0 Å². The molecule has 0 aliphatic heterocycles. The van der Waals surface area contributed by atoms with E-state index in [0.717, 1.165) is 0 Å². The summed E-state index contributed by atoms with van der Waals surface area (Å²) in [6.07, 6.45) is 0.304. The van der Waals surface area contributed by atoms with Crippen molar-refractivity contribution >= 4 is 12.4 Å². The Kier molecular flexibility index (Phi) is 3.67. The van der Waals surface area contributed by atoms with Crippen LogP contribution in [0.1, 0.15) is 20.3 Å². The maximum Gasteiger partial charge on any atom is 0.313 e. The summed E-state index contributed by atoms with van der Waals surface area (Å²) in [5.41, 5.74) is 0. The van der Waals surface area contributed by atoms with E-state index in [4.69, 9.17) is 0 Å². The molecule has 0 amide bonds. The van der Waals surface area contributed by atoms with Gasteiger partial charge in [0.05, 0.1) is 0 Å². The number of rotatable bonds is 3. The van der Waals surface area contributed by atoms with Gasteiger partial charge in [0.1, 0.15) is 0 Å². The Hall–Kier alpha value is -0.860. The smallest absolute Gasteiger partial charge is 0.313 e. The Balaban J connectivity index is 3.38. The molecule has 0 aliphatic rings. The van der Waals surface area contributed by atoms with Crippen LogP contribution in [0.15, 0.2) is 0 Å². The van der Waals surface area contributed by atoms with Crippen LogP contribution in [0, 0.1) is 5.92 Å². The quantitative estimate of drug-likeness (QED) is 0.321. The number of hydrogen-bond donors (Lipinski definition) is 0. The van der Waals surface area contributed by atoms with Gasteiger partial charge in [0.15, 0.2) is 0 Å². The summed E-state index contributed by atoms with van der Waals surface area (Å²) in [5, 5.41) is 0. The number of carbonyl (C=O) groups excluding carboxylic acids is 2. The Morgan fingerprint density at radius 2 is 2.22 bits per heavy atom. The van der Waals surface area contributed by atoms with Crippen LogP contribution in [-0.2, 0) is 14.3 Å². The largest absolute Gasteiger partial charge is 0.395 e. The molecule has 0 spiro atoms. The molecule has 0 unspecified atom stereocenters. The molecule has 0 radical (unpaired) electrons. The second kappa shape index (κ2) is 4.06. The first kappa shape index (κ1) is 8.14. The molecule has 0 fully saturated rings. The van der Waals surface area contributed by atoms with Crippen LogP contribution < -0.4 is 0 Å². The Morgan fingerprint density at radius 3 is 2.56 bits per heavy atom. The molecule has 0 aromatic heterocycles. The van der Waals surface area contributed by atoms with Crippen molar-refractivity contribution in [3.8, 4) is 0 Å². The summed E-state index contributed by atoms with van der Waals surface area (Å²) in [4.78, 5) is 20.0. The zero-order valence-electron chi connectivity index (χ0n) is 5.59. The van der Waals surface area contributed by atoms with Gasteiger partial charge in [-0.15, -0.1) is 0 Å². The highest BCUT2D eigenvalue weighted by Gasteiger charge is 2.03. The fraction of sp³-hybridized carbons (Fsp3) is 0.667. The lowest BCUT2D eigenvalue weighted by Crippen LogP contribution is -2.05. The maximum atomic E-state index is 10.4. The van der Waals surface area contributed by atoms with Crippen LogP contribution in [0.3, 0.4) is 0 Å². The van der Waals surface area contributed by atoms with E-state index < -0.39 is 5.97 Å². The summed E-state index contributed by atoms with van der Waals surface area (Å²) in [5.74, 6) is -0.211. The van der Waals surface area contributed by atoms with Crippen LogP contribution in [0.5, 0.6) is 0 Å². The van der Waals surface area contributed by atoms with Crippen molar-refractivity contribution in [2.75, 3.05) is 0 Å². The molecule has 0 N–H and O–H groups in total. The van der Waals surface area contributed by atoms with Gasteiger partial charge < -0.3 is 4.74 Å². The first-order chi connectivity index (χ1) is 4.16. The zero-order chi connectivity index (χ0) is 7.28. The number of ether oxygens (including phenoxy) is 1. The topological polar surface area (TPSA) is 43.4 Å². The van der Waals surface area contributed by atoms with Gasteiger partial charge in [-0.05, 0) is 5.92 Å². The van der Waals surface area contributed by atoms with Gasteiger partial charge >= 0.3 is 12.4 Å². The van der Waals surface area contributed by atoms with E-state index in [-0.39, 0.29) is 12.4 Å². The minimum atomic E-state index is -0.458.